The SMILES string of the molecule is CC(C)(C)C1CC(C=Nc2ccccc2)C(P(c2ccccc2)c2ccccc2)C1. The summed E-state index contributed by atoms with van der Waals surface area (Å²) in [5.74, 6) is 1.22. The molecule has 0 bridgehead atoms. The molecule has 1 aliphatic rings. The van der Waals surface area contributed by atoms with E-state index in [4.69, 9.17) is 4.99 Å². The van der Waals surface area contributed by atoms with Crippen molar-refractivity contribution in [2.45, 2.75) is 39.3 Å². The van der Waals surface area contributed by atoms with Crippen LogP contribution in [-0.4, -0.2) is 11.9 Å². The minimum Gasteiger partial charge on any atom is -0.261 e. The summed E-state index contributed by atoms with van der Waals surface area (Å²) in [6.07, 6.45) is 4.76. The Bertz CT molecular complexity index is 905. The van der Waals surface area contributed by atoms with Gasteiger partial charge >= 0.3 is 0 Å². The van der Waals surface area contributed by atoms with Crippen LogP contribution in [0.5, 0.6) is 0 Å². The third-order valence-electron chi connectivity index (χ3n) is 6.37. The number of aliphatic imine (C=N–C) groups is 1. The number of hydrogen-bond donors (Lipinski definition) is 0. The molecule has 0 amide bonds. The Hall–Kier alpha value is -2.24. The number of rotatable bonds is 5. The molecule has 0 saturated heterocycles. The van der Waals surface area contributed by atoms with E-state index in [0.29, 0.717) is 22.9 Å². The molecule has 3 atom stereocenters. The molecule has 1 saturated carbocycles. The smallest absolute Gasteiger partial charge is 0.0625 e. The zero-order valence-corrected chi connectivity index (χ0v) is 19.2. The first-order valence-corrected chi connectivity index (χ1v) is 12.4. The highest BCUT2D eigenvalue weighted by Gasteiger charge is 2.43. The molecule has 2 heteroatoms. The lowest BCUT2D eigenvalue weighted by Gasteiger charge is -2.30. The van der Waals surface area contributed by atoms with Gasteiger partial charge in [0.2, 0.25) is 0 Å². The van der Waals surface area contributed by atoms with E-state index < -0.39 is 7.92 Å². The first-order valence-electron chi connectivity index (χ1n) is 11.0. The molecule has 3 aromatic carbocycles. The van der Waals surface area contributed by atoms with E-state index >= 15 is 0 Å². The van der Waals surface area contributed by atoms with Gasteiger partial charge in [-0.3, -0.25) is 4.99 Å². The van der Waals surface area contributed by atoms with Crippen LogP contribution in [0.2, 0.25) is 0 Å². The molecule has 3 aromatic rings. The molecule has 30 heavy (non-hydrogen) atoms. The van der Waals surface area contributed by atoms with Crippen LogP contribution < -0.4 is 10.6 Å². The predicted molar refractivity (Wildman–Crippen MR) is 133 cm³/mol. The van der Waals surface area contributed by atoms with Crippen LogP contribution in [0.3, 0.4) is 0 Å². The maximum atomic E-state index is 4.91. The quantitative estimate of drug-likeness (QED) is 0.317. The molecule has 1 fully saturated rings. The summed E-state index contributed by atoms with van der Waals surface area (Å²) >= 11 is 0. The molecule has 0 radical (unpaired) electrons. The lowest BCUT2D eigenvalue weighted by atomic mass is 9.79. The third kappa shape index (κ3) is 4.90. The largest absolute Gasteiger partial charge is 0.261 e. The lowest BCUT2D eigenvalue weighted by Crippen LogP contribution is -2.25. The van der Waals surface area contributed by atoms with Gasteiger partial charge in [-0.2, -0.15) is 0 Å². The van der Waals surface area contributed by atoms with Crippen LogP contribution in [0.4, 0.5) is 5.69 Å². The molecule has 0 spiro atoms. The van der Waals surface area contributed by atoms with Crippen molar-refractivity contribution in [1.82, 2.24) is 0 Å². The Balaban J connectivity index is 1.73. The number of benzene rings is 3. The van der Waals surface area contributed by atoms with Gasteiger partial charge < -0.3 is 0 Å². The summed E-state index contributed by atoms with van der Waals surface area (Å²) in [4.78, 5) is 4.91. The van der Waals surface area contributed by atoms with Crippen LogP contribution in [0, 0.1) is 17.3 Å². The second kappa shape index (κ2) is 9.27. The van der Waals surface area contributed by atoms with Gasteiger partial charge in [0.25, 0.3) is 0 Å². The second-order valence-corrected chi connectivity index (χ2v) is 11.9. The second-order valence-electron chi connectivity index (χ2n) is 9.42. The van der Waals surface area contributed by atoms with Gasteiger partial charge in [0, 0.05) is 12.1 Å². The summed E-state index contributed by atoms with van der Waals surface area (Å²) in [5, 5.41) is 2.97. The van der Waals surface area contributed by atoms with Gasteiger partial charge in [-0.15, -0.1) is 0 Å². The minimum atomic E-state index is -0.437. The molecule has 0 aliphatic heterocycles. The Kier molecular flexibility index (Phi) is 6.49. The molecular weight excluding hydrogens is 381 g/mol. The number of hydrogen-bond acceptors (Lipinski definition) is 1. The lowest BCUT2D eigenvalue weighted by molar-refractivity contribution is 0.244. The molecular formula is C28H32NP. The third-order valence-corrected chi connectivity index (χ3v) is 9.34. The monoisotopic (exact) mass is 413 g/mol. The van der Waals surface area contributed by atoms with E-state index in [1.165, 1.54) is 23.5 Å². The average molecular weight is 414 g/mol. The highest BCUT2D eigenvalue weighted by atomic mass is 31.1. The van der Waals surface area contributed by atoms with Gasteiger partial charge in [0.15, 0.2) is 0 Å². The van der Waals surface area contributed by atoms with Gasteiger partial charge in [-0.25, -0.2) is 0 Å². The van der Waals surface area contributed by atoms with E-state index in [1.54, 1.807) is 0 Å². The normalized spacial score (nSPS) is 22.1. The van der Waals surface area contributed by atoms with Crippen molar-refractivity contribution in [3.63, 3.8) is 0 Å². The fourth-order valence-corrected chi connectivity index (χ4v) is 7.72. The van der Waals surface area contributed by atoms with Crippen molar-refractivity contribution in [2.24, 2.45) is 22.2 Å². The zero-order chi connectivity index (χ0) is 21.0. The topological polar surface area (TPSA) is 12.4 Å². The van der Waals surface area contributed by atoms with Crippen molar-refractivity contribution in [2.75, 3.05) is 0 Å². The fourth-order valence-electron chi connectivity index (χ4n) is 4.62. The van der Waals surface area contributed by atoms with E-state index in [9.17, 15) is 0 Å². The summed E-state index contributed by atoms with van der Waals surface area (Å²) < 4.78 is 0. The first-order chi connectivity index (χ1) is 14.5. The van der Waals surface area contributed by atoms with Crippen LogP contribution in [0.1, 0.15) is 33.6 Å². The van der Waals surface area contributed by atoms with Crippen molar-refractivity contribution in [3.8, 4) is 0 Å². The summed E-state index contributed by atoms with van der Waals surface area (Å²) in [7, 11) is -0.437. The molecule has 1 aliphatic carbocycles. The number of para-hydroxylation sites is 1. The molecule has 0 heterocycles. The standard InChI is InChI=1S/C28H32NP/c1-28(2,3)23-19-22(21-29-24-13-7-4-8-14-24)27(20-23)30(25-15-9-5-10-16-25)26-17-11-6-12-18-26/h4-18,21-23,27H,19-20H2,1-3H3. The maximum absolute atomic E-state index is 4.91. The Morgan fingerprint density at radius 3 is 1.73 bits per heavy atom. The highest BCUT2D eigenvalue weighted by molar-refractivity contribution is 7.73. The van der Waals surface area contributed by atoms with Gasteiger partial charge in [0.1, 0.15) is 0 Å². The summed E-state index contributed by atoms with van der Waals surface area (Å²) in [6, 6.07) is 32.7. The van der Waals surface area contributed by atoms with E-state index in [2.05, 4.69) is 118 Å². The van der Waals surface area contributed by atoms with Gasteiger partial charge in [-0.1, -0.05) is 99.6 Å². The Labute approximate surface area is 183 Å². The Morgan fingerprint density at radius 1 is 0.733 bits per heavy atom. The average Bonchev–Trinajstić information content (AvgIpc) is 3.19. The van der Waals surface area contributed by atoms with Crippen molar-refractivity contribution in [3.05, 3.63) is 91.0 Å². The fraction of sp³-hybridized carbons (Fsp3) is 0.321. The van der Waals surface area contributed by atoms with E-state index in [0.717, 1.165) is 5.69 Å². The predicted octanol–water partition coefficient (Wildman–Crippen LogP) is 6.96. The van der Waals surface area contributed by atoms with Gasteiger partial charge in [0.05, 0.1) is 5.69 Å². The maximum Gasteiger partial charge on any atom is 0.0625 e. The summed E-state index contributed by atoms with van der Waals surface area (Å²) in [6.45, 7) is 7.20. The Morgan fingerprint density at radius 2 is 1.23 bits per heavy atom. The van der Waals surface area contributed by atoms with Crippen LogP contribution in [0.25, 0.3) is 0 Å². The zero-order valence-electron chi connectivity index (χ0n) is 18.3. The number of nitrogens with zero attached hydrogens (tertiary/aromatic N) is 1. The molecule has 0 N–H and O–H groups in total. The van der Waals surface area contributed by atoms with E-state index in [-0.39, 0.29) is 0 Å². The van der Waals surface area contributed by atoms with Crippen LogP contribution >= 0.6 is 7.92 Å². The highest BCUT2D eigenvalue weighted by Crippen LogP contribution is 2.54. The van der Waals surface area contributed by atoms with Crippen molar-refractivity contribution in [1.29, 1.82) is 0 Å². The molecule has 0 aromatic heterocycles. The molecule has 3 unspecified atom stereocenters. The van der Waals surface area contributed by atoms with Crippen LogP contribution in [0.15, 0.2) is 96.0 Å². The van der Waals surface area contributed by atoms with Crippen molar-refractivity contribution >= 4 is 30.4 Å². The van der Waals surface area contributed by atoms with E-state index in [1.807, 2.05) is 0 Å². The molecule has 154 valence electrons. The first kappa shape index (κ1) is 21.0. The van der Waals surface area contributed by atoms with Gasteiger partial charge in [-0.05, 0) is 60.5 Å². The minimum absolute atomic E-state index is 0.321. The van der Waals surface area contributed by atoms with Crippen molar-refractivity contribution < 1.29 is 0 Å². The molecule has 4 rings (SSSR count). The van der Waals surface area contributed by atoms with Crippen LogP contribution in [-0.2, 0) is 0 Å². The molecule has 1 nitrogen and oxygen atoms in total. The summed E-state index contributed by atoms with van der Waals surface area (Å²) in [5.41, 5.74) is 1.99.